The minimum atomic E-state index is -4.51. The summed E-state index contributed by atoms with van der Waals surface area (Å²) in [5.74, 6) is -0.829. The second-order valence-corrected chi connectivity index (χ2v) is 11.3. The molecule has 2 N–H and O–H groups in total. The van der Waals surface area contributed by atoms with E-state index in [1.807, 2.05) is 66.7 Å². The van der Waals surface area contributed by atoms with Gasteiger partial charge in [-0.3, -0.25) is 14.4 Å². The molecule has 1 saturated heterocycles. The minimum Gasteiger partial charge on any atom is -0.356 e. The highest BCUT2D eigenvalue weighted by Crippen LogP contribution is 2.51. The van der Waals surface area contributed by atoms with Crippen LogP contribution in [0.5, 0.6) is 0 Å². The zero-order chi connectivity index (χ0) is 30.5. The van der Waals surface area contributed by atoms with Gasteiger partial charge in [-0.15, -0.1) is 0 Å². The van der Waals surface area contributed by atoms with Gasteiger partial charge in [0.1, 0.15) is 12.0 Å². The Balaban J connectivity index is 1.14. The monoisotopic (exact) mass is 591 g/mol. The Morgan fingerprint density at radius 1 is 0.767 bits per heavy atom. The van der Waals surface area contributed by atoms with Crippen molar-refractivity contribution in [2.45, 2.75) is 50.1 Å². The molecule has 3 amide bonds. The third kappa shape index (κ3) is 6.60. The van der Waals surface area contributed by atoms with Gasteiger partial charge in [-0.25, -0.2) is 0 Å². The summed E-state index contributed by atoms with van der Waals surface area (Å²) in [6.07, 6.45) is -0.966. The number of likely N-dealkylation sites (tertiary alicyclic amines) is 1. The molecular weight excluding hydrogens is 555 g/mol. The quantitative estimate of drug-likeness (QED) is 0.290. The first kappa shape index (κ1) is 30.3. The van der Waals surface area contributed by atoms with Gasteiger partial charge >= 0.3 is 6.18 Å². The molecule has 0 unspecified atom stereocenters. The van der Waals surface area contributed by atoms with E-state index in [9.17, 15) is 27.6 Å². The van der Waals surface area contributed by atoms with Gasteiger partial charge in [-0.1, -0.05) is 79.6 Å². The van der Waals surface area contributed by atoms with Crippen LogP contribution >= 0.6 is 0 Å². The molecule has 1 fully saturated rings. The molecule has 0 bridgehead atoms. The van der Waals surface area contributed by atoms with Crippen LogP contribution in [0.25, 0.3) is 11.1 Å². The Bertz CT molecular complexity index is 1400. The molecule has 226 valence electrons. The third-order valence-corrected chi connectivity index (χ3v) is 8.60. The molecule has 1 aliphatic carbocycles. The summed E-state index contributed by atoms with van der Waals surface area (Å²) in [5.41, 5.74) is 2.61. The van der Waals surface area contributed by atoms with E-state index in [0.717, 1.165) is 22.3 Å². The van der Waals surface area contributed by atoms with Crippen molar-refractivity contribution in [2.24, 2.45) is 5.92 Å². The Hall–Kier alpha value is -4.14. The molecule has 0 atom stereocenters. The average Bonchev–Trinajstić information content (AvgIpc) is 3.32. The Kier molecular flexibility index (Phi) is 9.18. The van der Waals surface area contributed by atoms with Crippen LogP contribution in [0.4, 0.5) is 13.2 Å². The number of rotatable bonds is 10. The number of halogens is 3. The lowest BCUT2D eigenvalue weighted by Crippen LogP contribution is -2.47. The second-order valence-electron chi connectivity index (χ2n) is 11.3. The number of hydrogen-bond donors (Lipinski definition) is 2. The Morgan fingerprint density at radius 3 is 1.95 bits per heavy atom. The van der Waals surface area contributed by atoms with Crippen LogP contribution in [0.2, 0.25) is 0 Å². The van der Waals surface area contributed by atoms with E-state index in [0.29, 0.717) is 63.7 Å². The van der Waals surface area contributed by atoms with Gasteiger partial charge in [-0.2, -0.15) is 13.2 Å². The number of nitrogens with one attached hydrogen (secondary N) is 2. The maximum absolute atomic E-state index is 13.6. The van der Waals surface area contributed by atoms with E-state index < -0.39 is 24.0 Å². The molecule has 3 aromatic rings. The van der Waals surface area contributed by atoms with Crippen molar-refractivity contribution in [3.8, 4) is 11.1 Å². The molecule has 1 heterocycles. The molecule has 0 spiro atoms. The SMILES string of the molecule is O=C(NCCCCCC1(C(=O)NCC(F)(F)F)c2ccccc2-c2ccccc21)C1CCN(C(=O)c2ccccc2)CC1. The molecular formula is C34H36F3N3O3. The molecule has 9 heteroatoms. The molecule has 0 saturated carbocycles. The van der Waals surface area contributed by atoms with Gasteiger partial charge in [0.15, 0.2) is 0 Å². The highest BCUT2D eigenvalue weighted by molar-refractivity contribution is 6.00. The molecule has 1 aliphatic heterocycles. The van der Waals surface area contributed by atoms with Crippen LogP contribution in [0, 0.1) is 5.92 Å². The number of benzene rings is 3. The number of piperidine rings is 1. The topological polar surface area (TPSA) is 78.5 Å². The minimum absolute atomic E-state index is 0.0168. The summed E-state index contributed by atoms with van der Waals surface area (Å²) in [7, 11) is 0. The normalized spacial score (nSPS) is 15.8. The van der Waals surface area contributed by atoms with Crippen molar-refractivity contribution >= 4 is 17.7 Å². The fraction of sp³-hybridized carbons (Fsp3) is 0.382. The van der Waals surface area contributed by atoms with Gasteiger partial charge in [0.05, 0.1) is 0 Å². The number of alkyl halides is 3. The number of nitrogens with zero attached hydrogens (tertiary/aromatic N) is 1. The first-order valence-electron chi connectivity index (χ1n) is 14.9. The molecule has 3 aromatic carbocycles. The zero-order valence-corrected chi connectivity index (χ0v) is 24.0. The lowest BCUT2D eigenvalue weighted by Gasteiger charge is -2.31. The lowest BCUT2D eigenvalue weighted by atomic mass is 9.73. The van der Waals surface area contributed by atoms with Crippen molar-refractivity contribution < 1.29 is 27.6 Å². The van der Waals surface area contributed by atoms with Crippen molar-refractivity contribution in [1.29, 1.82) is 0 Å². The maximum atomic E-state index is 13.6. The maximum Gasteiger partial charge on any atom is 0.405 e. The van der Waals surface area contributed by atoms with E-state index >= 15 is 0 Å². The summed E-state index contributed by atoms with van der Waals surface area (Å²) in [6, 6.07) is 24.0. The average molecular weight is 592 g/mol. The number of carbonyl (C=O) groups excluding carboxylic acids is 3. The largest absolute Gasteiger partial charge is 0.405 e. The van der Waals surface area contributed by atoms with Crippen LogP contribution in [-0.2, 0) is 15.0 Å². The standard InChI is InChI=1S/C34H36F3N3O3/c35-34(36,37)23-39-32(43)33(28-15-7-5-13-26(28)27-14-6-8-16-29(27)33)19-9-2-10-20-38-30(41)24-17-21-40(22-18-24)31(42)25-11-3-1-4-12-25/h1,3-8,11-16,24H,2,9-10,17-23H2,(H,38,41)(H,39,43). The molecule has 2 aliphatic rings. The summed E-state index contributed by atoms with van der Waals surface area (Å²) in [4.78, 5) is 40.8. The van der Waals surface area contributed by atoms with Crippen molar-refractivity contribution in [3.05, 3.63) is 95.6 Å². The van der Waals surface area contributed by atoms with Crippen molar-refractivity contribution in [2.75, 3.05) is 26.2 Å². The number of amides is 3. The van der Waals surface area contributed by atoms with Gasteiger partial charge in [-0.05, 0) is 60.1 Å². The Morgan fingerprint density at radius 2 is 1.35 bits per heavy atom. The number of carbonyl (C=O) groups is 3. The first-order chi connectivity index (χ1) is 20.7. The summed E-state index contributed by atoms with van der Waals surface area (Å²) in [5, 5.41) is 5.17. The molecule has 43 heavy (non-hydrogen) atoms. The highest BCUT2D eigenvalue weighted by Gasteiger charge is 2.49. The van der Waals surface area contributed by atoms with Crippen molar-refractivity contribution in [1.82, 2.24) is 15.5 Å². The number of hydrogen-bond acceptors (Lipinski definition) is 3. The van der Waals surface area contributed by atoms with Crippen LogP contribution in [0.3, 0.4) is 0 Å². The van der Waals surface area contributed by atoms with Crippen LogP contribution in [0.15, 0.2) is 78.9 Å². The lowest BCUT2D eigenvalue weighted by molar-refractivity contribution is -0.141. The molecule has 0 aromatic heterocycles. The fourth-order valence-electron chi connectivity index (χ4n) is 6.44. The van der Waals surface area contributed by atoms with E-state index in [2.05, 4.69) is 10.6 Å². The summed E-state index contributed by atoms with van der Waals surface area (Å²) in [6.45, 7) is 0.159. The predicted octanol–water partition coefficient (Wildman–Crippen LogP) is 5.86. The van der Waals surface area contributed by atoms with Gasteiger partial charge in [0, 0.05) is 31.1 Å². The van der Waals surface area contributed by atoms with Crippen LogP contribution in [0.1, 0.15) is 60.0 Å². The van der Waals surface area contributed by atoms with Crippen LogP contribution < -0.4 is 10.6 Å². The smallest absolute Gasteiger partial charge is 0.356 e. The summed E-state index contributed by atoms with van der Waals surface area (Å²) >= 11 is 0. The molecule has 5 rings (SSSR count). The second kappa shape index (κ2) is 13.0. The number of fused-ring (bicyclic) bond motifs is 3. The van der Waals surface area contributed by atoms with E-state index in [1.54, 1.807) is 17.0 Å². The molecule has 6 nitrogen and oxygen atoms in total. The zero-order valence-electron chi connectivity index (χ0n) is 24.0. The Labute approximate surface area is 249 Å². The van der Waals surface area contributed by atoms with Gasteiger partial charge in [0.2, 0.25) is 11.8 Å². The van der Waals surface area contributed by atoms with Gasteiger partial charge in [0.25, 0.3) is 5.91 Å². The van der Waals surface area contributed by atoms with E-state index in [4.69, 9.17) is 0 Å². The van der Waals surface area contributed by atoms with E-state index in [1.165, 1.54) is 0 Å². The third-order valence-electron chi connectivity index (χ3n) is 8.60. The van der Waals surface area contributed by atoms with Crippen molar-refractivity contribution in [3.63, 3.8) is 0 Å². The van der Waals surface area contributed by atoms with Crippen LogP contribution in [-0.4, -0.2) is 55.0 Å². The van der Waals surface area contributed by atoms with Gasteiger partial charge < -0.3 is 15.5 Å². The first-order valence-corrected chi connectivity index (χ1v) is 14.9. The molecule has 0 radical (unpaired) electrons. The predicted molar refractivity (Wildman–Crippen MR) is 158 cm³/mol. The van der Waals surface area contributed by atoms with E-state index in [-0.39, 0.29) is 17.7 Å². The fourth-order valence-corrected chi connectivity index (χ4v) is 6.44. The highest BCUT2D eigenvalue weighted by atomic mass is 19.4. The number of unbranched alkanes of at least 4 members (excludes halogenated alkanes) is 2. The summed E-state index contributed by atoms with van der Waals surface area (Å²) < 4.78 is 39.2.